The molecule has 3 rings (SSSR count). The molecule has 5 nitrogen and oxygen atoms in total. The SMILES string of the molecule is COc1cccc(NC(=O)[C@H](c2ccccc2)[NH+]2C[C@H](C)O[C@@H](C)C2)c1. The van der Waals surface area contributed by atoms with Crippen molar-refractivity contribution >= 4 is 11.6 Å². The highest BCUT2D eigenvalue weighted by Gasteiger charge is 2.37. The zero-order valence-corrected chi connectivity index (χ0v) is 15.6. The molecule has 0 spiro atoms. The number of ether oxygens (including phenoxy) is 2. The van der Waals surface area contributed by atoms with Crippen LogP contribution in [0.25, 0.3) is 0 Å². The molecule has 2 N–H and O–H groups in total. The molecule has 3 atom stereocenters. The smallest absolute Gasteiger partial charge is 0.287 e. The highest BCUT2D eigenvalue weighted by atomic mass is 16.5. The molecule has 0 radical (unpaired) electrons. The molecule has 1 fully saturated rings. The third-order valence-corrected chi connectivity index (χ3v) is 4.70. The summed E-state index contributed by atoms with van der Waals surface area (Å²) in [6.07, 6.45) is 0.258. The summed E-state index contributed by atoms with van der Waals surface area (Å²) in [6.45, 7) is 5.74. The van der Waals surface area contributed by atoms with Crippen LogP contribution in [0.2, 0.25) is 0 Å². The molecule has 0 unspecified atom stereocenters. The summed E-state index contributed by atoms with van der Waals surface area (Å²) >= 11 is 0. The molecule has 5 heteroatoms. The largest absolute Gasteiger partial charge is 0.497 e. The number of hydrogen-bond donors (Lipinski definition) is 2. The van der Waals surface area contributed by atoms with E-state index in [2.05, 4.69) is 19.2 Å². The number of nitrogens with one attached hydrogen (secondary N) is 2. The second kappa shape index (κ2) is 8.34. The number of anilines is 1. The van der Waals surface area contributed by atoms with E-state index in [1.165, 1.54) is 4.90 Å². The molecule has 1 aliphatic rings. The fraction of sp³-hybridized carbons (Fsp3) is 0.381. The minimum atomic E-state index is -0.281. The van der Waals surface area contributed by atoms with Crippen molar-refractivity contribution in [1.82, 2.24) is 0 Å². The quantitative estimate of drug-likeness (QED) is 0.863. The third-order valence-electron chi connectivity index (χ3n) is 4.70. The van der Waals surface area contributed by atoms with E-state index in [0.717, 1.165) is 30.1 Å². The molecule has 0 saturated carbocycles. The molecule has 0 bridgehead atoms. The minimum Gasteiger partial charge on any atom is -0.497 e. The molecule has 138 valence electrons. The van der Waals surface area contributed by atoms with Crippen LogP contribution in [0.15, 0.2) is 54.6 Å². The molecule has 26 heavy (non-hydrogen) atoms. The van der Waals surface area contributed by atoms with Gasteiger partial charge in [-0.25, -0.2) is 0 Å². The first kappa shape index (κ1) is 18.4. The van der Waals surface area contributed by atoms with Gasteiger partial charge in [-0.1, -0.05) is 36.4 Å². The Labute approximate surface area is 154 Å². The number of hydrogen-bond acceptors (Lipinski definition) is 3. The van der Waals surface area contributed by atoms with Crippen molar-refractivity contribution in [3.8, 4) is 5.75 Å². The van der Waals surface area contributed by atoms with Gasteiger partial charge in [0.25, 0.3) is 5.91 Å². The fourth-order valence-corrected chi connectivity index (χ4v) is 3.68. The van der Waals surface area contributed by atoms with E-state index in [1.54, 1.807) is 7.11 Å². The van der Waals surface area contributed by atoms with Crippen molar-refractivity contribution in [2.75, 3.05) is 25.5 Å². The maximum atomic E-state index is 13.2. The van der Waals surface area contributed by atoms with Crippen molar-refractivity contribution in [3.05, 3.63) is 60.2 Å². The minimum absolute atomic E-state index is 0.0132. The van der Waals surface area contributed by atoms with Gasteiger partial charge in [0.1, 0.15) is 31.0 Å². The zero-order chi connectivity index (χ0) is 18.5. The van der Waals surface area contributed by atoms with Crippen LogP contribution in [0.5, 0.6) is 5.75 Å². The molecule has 0 aromatic heterocycles. The van der Waals surface area contributed by atoms with Crippen LogP contribution in [0.4, 0.5) is 5.69 Å². The van der Waals surface area contributed by atoms with Crippen LogP contribution < -0.4 is 15.0 Å². The summed E-state index contributed by atoms with van der Waals surface area (Å²) in [5.74, 6) is 0.709. The second-order valence-corrected chi connectivity index (χ2v) is 6.89. The molecular formula is C21H27N2O3+. The normalized spacial score (nSPS) is 23.9. The fourth-order valence-electron chi connectivity index (χ4n) is 3.68. The molecule has 1 heterocycles. The van der Waals surface area contributed by atoms with E-state index < -0.39 is 0 Å². The standard InChI is InChI=1S/C21H26N2O3/c1-15-13-23(14-16(2)26-15)20(17-8-5-4-6-9-17)21(24)22-18-10-7-11-19(12-18)25-3/h4-12,15-16,20H,13-14H2,1-3H3,(H,22,24)/p+1/t15-,16-,20-/m0/s1. The molecule has 1 amide bonds. The molecule has 1 aliphatic heterocycles. The average molecular weight is 355 g/mol. The third kappa shape index (κ3) is 4.42. The zero-order valence-electron chi connectivity index (χ0n) is 15.6. The summed E-state index contributed by atoms with van der Waals surface area (Å²) in [7, 11) is 1.62. The van der Waals surface area contributed by atoms with E-state index >= 15 is 0 Å². The highest BCUT2D eigenvalue weighted by molar-refractivity contribution is 5.94. The number of morpholine rings is 1. The van der Waals surface area contributed by atoms with Crippen LogP contribution >= 0.6 is 0 Å². The Morgan fingerprint density at radius 3 is 2.46 bits per heavy atom. The van der Waals surface area contributed by atoms with Crippen LogP contribution in [-0.4, -0.2) is 38.3 Å². The molecule has 0 aliphatic carbocycles. The van der Waals surface area contributed by atoms with Crippen molar-refractivity contribution in [1.29, 1.82) is 0 Å². The lowest BCUT2D eigenvalue weighted by molar-refractivity contribution is -0.936. The van der Waals surface area contributed by atoms with Gasteiger partial charge in [0.15, 0.2) is 6.04 Å². The van der Waals surface area contributed by atoms with Crippen LogP contribution in [0.3, 0.4) is 0 Å². The monoisotopic (exact) mass is 355 g/mol. The van der Waals surface area contributed by atoms with Gasteiger partial charge in [0.05, 0.1) is 7.11 Å². The van der Waals surface area contributed by atoms with Gasteiger partial charge in [-0.2, -0.15) is 0 Å². The topological polar surface area (TPSA) is 52.0 Å². The predicted molar refractivity (Wildman–Crippen MR) is 102 cm³/mol. The van der Waals surface area contributed by atoms with Crippen molar-refractivity contribution in [2.45, 2.75) is 32.1 Å². The van der Waals surface area contributed by atoms with Crippen LogP contribution in [-0.2, 0) is 9.53 Å². The first-order valence-corrected chi connectivity index (χ1v) is 9.06. The van der Waals surface area contributed by atoms with Crippen molar-refractivity contribution in [3.63, 3.8) is 0 Å². The van der Waals surface area contributed by atoms with Gasteiger partial charge in [-0.15, -0.1) is 0 Å². The summed E-state index contributed by atoms with van der Waals surface area (Å²) in [6, 6.07) is 17.1. The highest BCUT2D eigenvalue weighted by Crippen LogP contribution is 2.19. The van der Waals surface area contributed by atoms with E-state index in [9.17, 15) is 4.79 Å². The van der Waals surface area contributed by atoms with Gasteiger partial charge in [0, 0.05) is 17.3 Å². The lowest BCUT2D eigenvalue weighted by atomic mass is 10.0. The van der Waals surface area contributed by atoms with Gasteiger partial charge in [-0.3, -0.25) is 4.79 Å². The van der Waals surface area contributed by atoms with Gasteiger partial charge < -0.3 is 19.7 Å². The summed E-state index contributed by atoms with van der Waals surface area (Å²) in [5, 5.41) is 3.06. The van der Waals surface area contributed by atoms with Gasteiger partial charge >= 0.3 is 0 Å². The van der Waals surface area contributed by atoms with Crippen molar-refractivity contribution in [2.24, 2.45) is 0 Å². The summed E-state index contributed by atoms with van der Waals surface area (Å²) < 4.78 is 11.1. The van der Waals surface area contributed by atoms with Crippen LogP contribution in [0.1, 0.15) is 25.5 Å². The maximum absolute atomic E-state index is 13.2. The first-order valence-electron chi connectivity index (χ1n) is 9.06. The second-order valence-electron chi connectivity index (χ2n) is 6.89. The number of benzene rings is 2. The summed E-state index contributed by atoms with van der Waals surface area (Å²) in [5.41, 5.74) is 1.76. The Balaban J connectivity index is 1.86. The number of amides is 1. The lowest BCUT2D eigenvalue weighted by Gasteiger charge is -2.36. The van der Waals surface area contributed by atoms with Crippen molar-refractivity contribution < 1.29 is 19.2 Å². The Kier molecular flexibility index (Phi) is 5.91. The Bertz CT molecular complexity index is 725. The maximum Gasteiger partial charge on any atom is 0.287 e. The molecule has 1 saturated heterocycles. The number of carbonyl (C=O) groups excluding carboxylic acids is 1. The Hall–Kier alpha value is -2.37. The van der Waals surface area contributed by atoms with Crippen LogP contribution in [0, 0.1) is 0 Å². The number of methoxy groups -OCH3 is 1. The molecule has 2 aromatic rings. The van der Waals surface area contributed by atoms with E-state index in [1.807, 2.05) is 54.6 Å². The first-order chi connectivity index (χ1) is 12.6. The summed E-state index contributed by atoms with van der Waals surface area (Å²) in [4.78, 5) is 14.4. The average Bonchev–Trinajstić information content (AvgIpc) is 2.62. The number of quaternary nitrogens is 1. The van der Waals surface area contributed by atoms with Gasteiger partial charge in [0.2, 0.25) is 0 Å². The lowest BCUT2D eigenvalue weighted by Crippen LogP contribution is -3.16. The van der Waals surface area contributed by atoms with E-state index in [-0.39, 0.29) is 24.2 Å². The number of rotatable bonds is 5. The Morgan fingerprint density at radius 1 is 1.12 bits per heavy atom. The number of carbonyl (C=O) groups is 1. The molecular weight excluding hydrogens is 328 g/mol. The van der Waals surface area contributed by atoms with E-state index in [0.29, 0.717) is 0 Å². The Morgan fingerprint density at radius 2 is 1.81 bits per heavy atom. The van der Waals surface area contributed by atoms with E-state index in [4.69, 9.17) is 9.47 Å². The molecule has 2 aromatic carbocycles. The predicted octanol–water partition coefficient (Wildman–Crippen LogP) is 2.07. The van der Waals surface area contributed by atoms with Gasteiger partial charge in [-0.05, 0) is 26.0 Å².